The predicted octanol–water partition coefficient (Wildman–Crippen LogP) is 4.40. The van der Waals surface area contributed by atoms with Crippen LogP contribution in [0.5, 0.6) is 5.75 Å². The fourth-order valence-corrected chi connectivity index (χ4v) is 3.43. The smallest absolute Gasteiger partial charge is 0.169 e. The Morgan fingerprint density at radius 2 is 1.93 bits per heavy atom. The summed E-state index contributed by atoms with van der Waals surface area (Å²) in [4.78, 5) is 2.38. The van der Waals surface area contributed by atoms with Gasteiger partial charge in [-0.25, -0.2) is 4.39 Å². The van der Waals surface area contributed by atoms with Crippen LogP contribution in [0.25, 0.3) is 11.3 Å². The van der Waals surface area contributed by atoms with Crippen molar-refractivity contribution >= 4 is 11.5 Å². The molecule has 0 amide bonds. The number of halogens is 2. The molecule has 1 aromatic heterocycles. The average molecular weight is 384 g/mol. The summed E-state index contributed by atoms with van der Waals surface area (Å²) < 4.78 is 34.9. The number of hydrogen-bond acceptors (Lipinski definition) is 4. The number of nitrogens with one attached hydrogen (secondary N) is 1. The van der Waals surface area contributed by atoms with Crippen LogP contribution in [0, 0.1) is 5.82 Å². The molecule has 3 aromatic rings. The molecule has 146 valence electrons. The number of fused-ring (bicyclic) bond motifs is 3. The third kappa shape index (κ3) is 3.45. The van der Waals surface area contributed by atoms with Crippen molar-refractivity contribution in [1.29, 1.82) is 0 Å². The molecule has 0 bridgehead atoms. The highest BCUT2D eigenvalue weighted by molar-refractivity contribution is 5.80. The molecular weight excluding hydrogens is 362 g/mol. The van der Waals surface area contributed by atoms with Crippen molar-refractivity contribution < 1.29 is 13.6 Å². The number of anilines is 2. The van der Waals surface area contributed by atoms with Crippen molar-refractivity contribution in [3.63, 3.8) is 0 Å². The molecule has 1 aliphatic rings. The summed E-state index contributed by atoms with van der Waals surface area (Å²) in [6, 6.07) is 12.6. The standard InChI is InChI=1S/C21H22F2N4O/c1-26(2)11-6-12-28-18-10-9-15-16(19(18)22)13-17-20(15)25-27(23)21(17)24-14-7-4-3-5-8-14/h3-5,7-10,24H,6,11-13H2,1-2H3. The molecular formula is C21H22F2N4O. The van der Waals surface area contributed by atoms with Gasteiger partial charge in [0.25, 0.3) is 0 Å². The maximum absolute atomic E-state index is 15.0. The molecule has 0 unspecified atom stereocenters. The summed E-state index contributed by atoms with van der Waals surface area (Å²) in [6.07, 6.45) is 1.08. The van der Waals surface area contributed by atoms with E-state index in [1.54, 1.807) is 12.1 Å². The summed E-state index contributed by atoms with van der Waals surface area (Å²) in [5.74, 6) is 0.0648. The molecule has 7 heteroatoms. The Bertz CT molecular complexity index is 986. The van der Waals surface area contributed by atoms with Crippen molar-refractivity contribution in [1.82, 2.24) is 14.9 Å². The largest absolute Gasteiger partial charge is 0.490 e. The first kappa shape index (κ1) is 18.4. The fourth-order valence-electron chi connectivity index (χ4n) is 3.43. The normalized spacial score (nSPS) is 12.2. The lowest BCUT2D eigenvalue weighted by Gasteiger charge is -2.12. The number of rotatable bonds is 7. The number of aromatic nitrogens is 2. The zero-order valence-corrected chi connectivity index (χ0v) is 15.9. The van der Waals surface area contributed by atoms with E-state index >= 15 is 0 Å². The molecule has 0 aliphatic heterocycles. The van der Waals surface area contributed by atoms with E-state index in [4.69, 9.17) is 4.74 Å². The number of ether oxygens (including phenoxy) is 1. The second-order valence-corrected chi connectivity index (χ2v) is 7.11. The second kappa shape index (κ2) is 7.59. The summed E-state index contributed by atoms with van der Waals surface area (Å²) in [5.41, 5.74) is 2.96. The van der Waals surface area contributed by atoms with Crippen molar-refractivity contribution in [2.75, 3.05) is 32.6 Å². The molecule has 1 aliphatic carbocycles. The minimum Gasteiger partial charge on any atom is -0.490 e. The van der Waals surface area contributed by atoms with Crippen molar-refractivity contribution in [3.8, 4) is 17.0 Å². The van der Waals surface area contributed by atoms with Crippen LogP contribution in [0.15, 0.2) is 42.5 Å². The molecule has 1 heterocycles. The van der Waals surface area contributed by atoms with Gasteiger partial charge in [0.15, 0.2) is 17.4 Å². The number of nitrogens with zero attached hydrogens (tertiary/aromatic N) is 3. The van der Waals surface area contributed by atoms with Crippen molar-refractivity contribution in [3.05, 3.63) is 59.4 Å². The monoisotopic (exact) mass is 384 g/mol. The number of benzene rings is 2. The van der Waals surface area contributed by atoms with Crippen LogP contribution in [0.1, 0.15) is 17.5 Å². The Balaban J connectivity index is 1.56. The lowest BCUT2D eigenvalue weighted by Crippen LogP contribution is -2.15. The van der Waals surface area contributed by atoms with Gasteiger partial charge in [-0.3, -0.25) is 0 Å². The lowest BCUT2D eigenvalue weighted by molar-refractivity contribution is 0.270. The molecule has 2 aromatic carbocycles. The van der Waals surface area contributed by atoms with Gasteiger partial charge >= 0.3 is 0 Å². The quantitative estimate of drug-likeness (QED) is 0.480. The third-order valence-electron chi connectivity index (χ3n) is 4.80. The molecule has 5 nitrogen and oxygen atoms in total. The first-order valence-corrected chi connectivity index (χ1v) is 9.24. The van der Waals surface area contributed by atoms with Crippen LogP contribution in [-0.2, 0) is 6.42 Å². The van der Waals surface area contributed by atoms with Crippen LogP contribution in [0.4, 0.5) is 20.4 Å². The van der Waals surface area contributed by atoms with Crippen LogP contribution < -0.4 is 10.1 Å². The number of hydrogen-bond donors (Lipinski definition) is 1. The van der Waals surface area contributed by atoms with Gasteiger partial charge in [0.1, 0.15) is 5.69 Å². The zero-order chi connectivity index (χ0) is 19.7. The molecule has 1 N–H and O–H groups in total. The van der Waals surface area contributed by atoms with E-state index in [0.717, 1.165) is 18.7 Å². The van der Waals surface area contributed by atoms with Crippen LogP contribution >= 0.6 is 0 Å². The highest BCUT2D eigenvalue weighted by Crippen LogP contribution is 2.43. The second-order valence-electron chi connectivity index (χ2n) is 7.11. The third-order valence-corrected chi connectivity index (χ3v) is 4.80. The first-order valence-electron chi connectivity index (χ1n) is 9.24. The minimum atomic E-state index is -0.392. The molecule has 0 spiro atoms. The van der Waals surface area contributed by atoms with Gasteiger partial charge < -0.3 is 15.0 Å². The highest BCUT2D eigenvalue weighted by atomic mass is 19.2. The fraction of sp³-hybridized carbons (Fsp3) is 0.286. The van der Waals surface area contributed by atoms with E-state index in [0.29, 0.717) is 33.9 Å². The summed E-state index contributed by atoms with van der Waals surface area (Å²) in [6.45, 7) is 1.31. The molecule has 0 saturated carbocycles. The van der Waals surface area contributed by atoms with E-state index in [1.165, 1.54) is 0 Å². The lowest BCUT2D eigenvalue weighted by atomic mass is 10.1. The van der Waals surface area contributed by atoms with Crippen molar-refractivity contribution in [2.24, 2.45) is 0 Å². The van der Waals surface area contributed by atoms with Crippen molar-refractivity contribution in [2.45, 2.75) is 12.8 Å². The molecule has 0 atom stereocenters. The molecule has 0 radical (unpaired) electrons. The van der Waals surface area contributed by atoms with E-state index in [1.807, 2.05) is 44.4 Å². The zero-order valence-electron chi connectivity index (χ0n) is 15.9. The van der Waals surface area contributed by atoms with Gasteiger partial charge in [-0.05, 0) is 44.8 Å². The SMILES string of the molecule is CN(C)CCCOc1ccc2c(c1F)Cc1c-2nn(F)c1Nc1ccccc1. The van der Waals surface area contributed by atoms with E-state index in [9.17, 15) is 8.87 Å². The Kier molecular flexibility index (Phi) is 5.00. The maximum Gasteiger partial charge on any atom is 0.169 e. The van der Waals surface area contributed by atoms with Crippen LogP contribution in [0.2, 0.25) is 0 Å². The average Bonchev–Trinajstić information content (AvgIpc) is 3.18. The topological polar surface area (TPSA) is 42.3 Å². The maximum atomic E-state index is 15.0. The van der Waals surface area contributed by atoms with Gasteiger partial charge in [-0.1, -0.05) is 27.6 Å². The Morgan fingerprint density at radius 1 is 1.14 bits per heavy atom. The van der Waals surface area contributed by atoms with Crippen LogP contribution in [0.3, 0.4) is 0 Å². The highest BCUT2D eigenvalue weighted by Gasteiger charge is 2.31. The molecule has 0 saturated heterocycles. The predicted molar refractivity (Wildman–Crippen MR) is 105 cm³/mol. The first-order chi connectivity index (χ1) is 13.5. The summed E-state index contributed by atoms with van der Waals surface area (Å²) >= 11 is 0. The van der Waals surface area contributed by atoms with Gasteiger partial charge in [0.2, 0.25) is 0 Å². The minimum absolute atomic E-state index is 0.227. The van der Waals surface area contributed by atoms with Gasteiger partial charge in [0, 0.05) is 35.3 Å². The molecule has 0 fully saturated rings. The van der Waals surface area contributed by atoms with E-state index < -0.39 is 5.82 Å². The molecule has 4 rings (SSSR count). The Morgan fingerprint density at radius 3 is 2.68 bits per heavy atom. The van der Waals surface area contributed by atoms with Gasteiger partial charge in [0.05, 0.1) is 6.61 Å². The summed E-state index contributed by atoms with van der Waals surface area (Å²) in [7, 11) is 3.97. The van der Waals surface area contributed by atoms with E-state index in [-0.39, 0.29) is 18.0 Å². The van der Waals surface area contributed by atoms with E-state index in [2.05, 4.69) is 15.3 Å². The molecule has 28 heavy (non-hydrogen) atoms. The number of para-hydroxylation sites is 1. The van der Waals surface area contributed by atoms with Gasteiger partial charge in [-0.2, -0.15) is 0 Å². The van der Waals surface area contributed by atoms with Gasteiger partial charge in [-0.15, -0.1) is 5.10 Å². The van der Waals surface area contributed by atoms with Crippen LogP contribution in [-0.4, -0.2) is 42.1 Å². The Hall–Kier alpha value is -2.93. The summed E-state index contributed by atoms with van der Waals surface area (Å²) in [5, 5.41) is 7.01. The Labute approximate surface area is 162 Å².